The largest absolute Gasteiger partial charge is 0.494 e. The lowest BCUT2D eigenvalue weighted by Crippen LogP contribution is -2.44. The molecule has 5 nitrogen and oxygen atoms in total. The summed E-state index contributed by atoms with van der Waals surface area (Å²) >= 11 is 0. The Balaban J connectivity index is 2.45. The topological polar surface area (TPSA) is 75.6 Å². The minimum Gasteiger partial charge on any atom is -0.494 e. The third-order valence-electron chi connectivity index (χ3n) is 3.85. The van der Waals surface area contributed by atoms with E-state index in [-0.39, 0.29) is 11.8 Å². The number of rotatable bonds is 11. The van der Waals surface area contributed by atoms with Crippen LogP contribution in [0.2, 0.25) is 0 Å². The molecule has 0 aromatic heterocycles. The number of benzene rings is 1. The Kier molecular flexibility index (Phi) is 8.90. The number of carboxylic acid groups (broad SMARTS) is 1. The molecule has 0 radical (unpaired) electrons. The quantitative estimate of drug-likeness (QED) is 0.602. The van der Waals surface area contributed by atoms with Crippen LogP contribution in [-0.4, -0.2) is 29.6 Å². The lowest BCUT2D eigenvalue weighted by Gasteiger charge is -2.18. The fourth-order valence-corrected chi connectivity index (χ4v) is 2.34. The van der Waals surface area contributed by atoms with Crippen molar-refractivity contribution >= 4 is 11.9 Å². The second-order valence-electron chi connectivity index (χ2n) is 6.32. The molecule has 1 aromatic carbocycles. The third-order valence-corrected chi connectivity index (χ3v) is 3.85. The summed E-state index contributed by atoms with van der Waals surface area (Å²) in [5, 5.41) is 11.7. The Morgan fingerprint density at radius 3 is 2.25 bits per heavy atom. The molecule has 0 aliphatic heterocycles. The Hall–Kier alpha value is -2.04. The summed E-state index contributed by atoms with van der Waals surface area (Å²) in [4.78, 5) is 23.3. The highest BCUT2D eigenvalue weighted by Gasteiger charge is 2.23. The van der Waals surface area contributed by atoms with E-state index in [1.54, 1.807) is 38.1 Å². The molecule has 0 unspecified atom stereocenters. The van der Waals surface area contributed by atoms with Gasteiger partial charge >= 0.3 is 5.97 Å². The summed E-state index contributed by atoms with van der Waals surface area (Å²) < 4.78 is 5.65. The molecule has 134 valence electrons. The zero-order chi connectivity index (χ0) is 17.9. The number of hydrogen-bond donors (Lipinski definition) is 2. The number of carboxylic acids is 1. The van der Waals surface area contributed by atoms with Crippen LogP contribution in [0.4, 0.5) is 0 Å². The van der Waals surface area contributed by atoms with Crippen LogP contribution in [0.1, 0.15) is 63.2 Å². The maximum Gasteiger partial charge on any atom is 0.326 e. The first-order valence-corrected chi connectivity index (χ1v) is 8.72. The first kappa shape index (κ1) is 20.0. The summed E-state index contributed by atoms with van der Waals surface area (Å²) in [5.74, 6) is -0.869. The third kappa shape index (κ3) is 7.02. The van der Waals surface area contributed by atoms with E-state index in [0.29, 0.717) is 12.2 Å². The maximum absolute atomic E-state index is 12.1. The number of amides is 1. The van der Waals surface area contributed by atoms with Gasteiger partial charge in [0.05, 0.1) is 6.61 Å². The number of nitrogens with one attached hydrogen (secondary N) is 1. The molecule has 1 amide bonds. The van der Waals surface area contributed by atoms with Gasteiger partial charge in [0.15, 0.2) is 0 Å². The van der Waals surface area contributed by atoms with E-state index in [9.17, 15) is 9.59 Å². The van der Waals surface area contributed by atoms with E-state index in [2.05, 4.69) is 12.2 Å². The summed E-state index contributed by atoms with van der Waals surface area (Å²) in [6.07, 6.45) is 5.91. The SMILES string of the molecule is CCCCCCCOc1ccc(C(=O)N[C@H](C(=O)O)C(C)C)cc1. The van der Waals surface area contributed by atoms with Crippen molar-refractivity contribution in [3.05, 3.63) is 29.8 Å². The molecule has 0 spiro atoms. The van der Waals surface area contributed by atoms with Gasteiger partial charge in [-0.05, 0) is 36.6 Å². The van der Waals surface area contributed by atoms with Crippen LogP contribution in [-0.2, 0) is 4.79 Å². The van der Waals surface area contributed by atoms with Crippen molar-refractivity contribution in [2.45, 2.75) is 58.9 Å². The molecule has 1 rings (SSSR count). The first-order valence-electron chi connectivity index (χ1n) is 8.72. The Labute approximate surface area is 144 Å². The van der Waals surface area contributed by atoms with Crippen LogP contribution in [0.3, 0.4) is 0 Å². The van der Waals surface area contributed by atoms with E-state index in [1.807, 2.05) is 0 Å². The predicted molar refractivity (Wildman–Crippen MR) is 94.4 cm³/mol. The number of carbonyl (C=O) groups excluding carboxylic acids is 1. The number of ether oxygens (including phenoxy) is 1. The van der Waals surface area contributed by atoms with Crippen LogP contribution >= 0.6 is 0 Å². The van der Waals surface area contributed by atoms with Gasteiger partial charge in [0, 0.05) is 5.56 Å². The van der Waals surface area contributed by atoms with Crippen LogP contribution < -0.4 is 10.1 Å². The number of aliphatic carboxylic acids is 1. The molecule has 2 N–H and O–H groups in total. The van der Waals surface area contributed by atoms with Crippen LogP contribution in [0, 0.1) is 5.92 Å². The van der Waals surface area contributed by atoms with Crippen molar-refractivity contribution in [1.29, 1.82) is 0 Å². The fourth-order valence-electron chi connectivity index (χ4n) is 2.34. The van der Waals surface area contributed by atoms with E-state index < -0.39 is 12.0 Å². The molecule has 0 saturated heterocycles. The van der Waals surface area contributed by atoms with Crippen molar-refractivity contribution < 1.29 is 19.4 Å². The summed E-state index contributed by atoms with van der Waals surface area (Å²) in [6, 6.07) is 5.90. The van der Waals surface area contributed by atoms with Gasteiger partial charge in [-0.2, -0.15) is 0 Å². The van der Waals surface area contributed by atoms with Gasteiger partial charge in [-0.1, -0.05) is 46.5 Å². The molecule has 0 heterocycles. The predicted octanol–water partition coefficient (Wildman–Crippen LogP) is 3.87. The molecule has 0 bridgehead atoms. The van der Waals surface area contributed by atoms with Crippen molar-refractivity contribution in [3.8, 4) is 5.75 Å². The average molecular weight is 335 g/mol. The second kappa shape index (κ2) is 10.7. The molecule has 0 fully saturated rings. The van der Waals surface area contributed by atoms with Gasteiger partial charge < -0.3 is 15.2 Å². The Morgan fingerprint density at radius 1 is 1.08 bits per heavy atom. The van der Waals surface area contributed by atoms with Crippen LogP contribution in [0.5, 0.6) is 5.75 Å². The van der Waals surface area contributed by atoms with Crippen molar-refractivity contribution in [3.63, 3.8) is 0 Å². The van der Waals surface area contributed by atoms with E-state index in [4.69, 9.17) is 9.84 Å². The molecule has 24 heavy (non-hydrogen) atoms. The number of carbonyl (C=O) groups is 2. The van der Waals surface area contributed by atoms with Gasteiger partial charge in [0.2, 0.25) is 0 Å². The highest BCUT2D eigenvalue weighted by Crippen LogP contribution is 2.14. The van der Waals surface area contributed by atoms with Gasteiger partial charge in [0.25, 0.3) is 5.91 Å². The Bertz CT molecular complexity index is 511. The summed E-state index contributed by atoms with van der Waals surface area (Å²) in [6.45, 7) is 6.38. The fraction of sp³-hybridized carbons (Fsp3) is 0.579. The van der Waals surface area contributed by atoms with Gasteiger partial charge in [0.1, 0.15) is 11.8 Å². The molecule has 0 aliphatic carbocycles. The van der Waals surface area contributed by atoms with E-state index in [1.165, 1.54) is 25.7 Å². The Morgan fingerprint density at radius 2 is 1.71 bits per heavy atom. The summed E-state index contributed by atoms with van der Waals surface area (Å²) in [7, 11) is 0. The highest BCUT2D eigenvalue weighted by molar-refractivity contribution is 5.96. The minimum absolute atomic E-state index is 0.179. The maximum atomic E-state index is 12.1. The first-order chi connectivity index (χ1) is 11.5. The lowest BCUT2D eigenvalue weighted by atomic mass is 10.0. The standard InChI is InChI=1S/C19H29NO4/c1-4-5-6-7-8-13-24-16-11-9-15(10-12-16)18(21)20-17(14(2)3)19(22)23/h9-12,14,17H,4-8,13H2,1-3H3,(H,20,21)(H,22,23)/t17-/m0/s1. The zero-order valence-electron chi connectivity index (χ0n) is 14.9. The molecule has 0 aliphatic rings. The van der Waals surface area contributed by atoms with E-state index >= 15 is 0 Å². The lowest BCUT2D eigenvalue weighted by molar-refractivity contribution is -0.140. The van der Waals surface area contributed by atoms with E-state index in [0.717, 1.165) is 12.2 Å². The molecular weight excluding hydrogens is 306 g/mol. The van der Waals surface area contributed by atoms with Crippen LogP contribution in [0.15, 0.2) is 24.3 Å². The minimum atomic E-state index is -1.03. The van der Waals surface area contributed by atoms with Crippen molar-refractivity contribution in [2.24, 2.45) is 5.92 Å². The molecule has 1 aromatic rings. The monoisotopic (exact) mass is 335 g/mol. The van der Waals surface area contributed by atoms with Crippen molar-refractivity contribution in [1.82, 2.24) is 5.32 Å². The average Bonchev–Trinajstić information content (AvgIpc) is 2.55. The van der Waals surface area contributed by atoms with Gasteiger partial charge in [-0.3, -0.25) is 4.79 Å². The molecule has 1 atom stereocenters. The smallest absolute Gasteiger partial charge is 0.326 e. The normalized spacial score (nSPS) is 12.0. The summed E-state index contributed by atoms with van der Waals surface area (Å²) in [5.41, 5.74) is 0.428. The second-order valence-corrected chi connectivity index (χ2v) is 6.32. The van der Waals surface area contributed by atoms with Gasteiger partial charge in [-0.15, -0.1) is 0 Å². The van der Waals surface area contributed by atoms with Gasteiger partial charge in [-0.25, -0.2) is 4.79 Å². The zero-order valence-corrected chi connectivity index (χ0v) is 14.9. The molecular formula is C19H29NO4. The molecule has 5 heteroatoms. The number of hydrogen-bond acceptors (Lipinski definition) is 3. The molecule has 0 saturated carbocycles. The van der Waals surface area contributed by atoms with Crippen LogP contribution in [0.25, 0.3) is 0 Å². The number of unbranched alkanes of at least 4 members (excludes halogenated alkanes) is 4. The van der Waals surface area contributed by atoms with Crippen molar-refractivity contribution in [2.75, 3.05) is 6.61 Å². The highest BCUT2D eigenvalue weighted by atomic mass is 16.5.